The lowest BCUT2D eigenvalue weighted by molar-refractivity contribution is 0.0700. The first-order chi connectivity index (χ1) is 12.7. The van der Waals surface area contributed by atoms with Crippen LogP contribution in [0.3, 0.4) is 0 Å². The molecule has 3 aromatic rings. The number of H-pyrrole nitrogens is 1. The maximum absolute atomic E-state index is 13.7. The van der Waals surface area contributed by atoms with Gasteiger partial charge in [-0.05, 0) is 31.0 Å². The minimum absolute atomic E-state index is 0.147. The van der Waals surface area contributed by atoms with Crippen LogP contribution in [0.4, 0.5) is 4.39 Å². The van der Waals surface area contributed by atoms with E-state index in [1.165, 1.54) is 12.1 Å². The van der Waals surface area contributed by atoms with E-state index in [1.54, 1.807) is 29.4 Å². The monoisotopic (exact) mass is 349 g/mol. The molecule has 2 aromatic heterocycles. The van der Waals surface area contributed by atoms with Crippen molar-refractivity contribution in [2.45, 2.75) is 12.8 Å². The lowest BCUT2D eigenvalue weighted by Crippen LogP contribution is -2.39. The van der Waals surface area contributed by atoms with Crippen LogP contribution in [0.1, 0.15) is 23.2 Å². The van der Waals surface area contributed by atoms with E-state index in [-0.39, 0.29) is 11.8 Å². The summed E-state index contributed by atoms with van der Waals surface area (Å²) in [6.45, 7) is 1.03. The lowest BCUT2D eigenvalue weighted by atomic mass is 9.98. The second kappa shape index (κ2) is 6.56. The number of hydrogen-bond donors (Lipinski definition) is 1. The summed E-state index contributed by atoms with van der Waals surface area (Å²) in [6.07, 6.45) is 4.89. The Bertz CT molecular complexity index is 1010. The molecule has 0 aliphatic carbocycles. The molecule has 1 fully saturated rings. The zero-order chi connectivity index (χ0) is 18.1. The fourth-order valence-corrected chi connectivity index (χ4v) is 3.35. The number of nitriles is 1. The van der Waals surface area contributed by atoms with Crippen molar-refractivity contribution in [3.05, 3.63) is 48.0 Å². The number of piperidine rings is 1. The highest BCUT2D eigenvalue weighted by Gasteiger charge is 2.26. The van der Waals surface area contributed by atoms with Crippen LogP contribution in [-0.2, 0) is 0 Å². The van der Waals surface area contributed by atoms with E-state index in [1.807, 2.05) is 0 Å². The van der Waals surface area contributed by atoms with Crippen LogP contribution in [-0.4, -0.2) is 39.1 Å². The molecule has 1 N–H and O–H groups in total. The third kappa shape index (κ3) is 2.90. The van der Waals surface area contributed by atoms with Gasteiger partial charge in [0, 0.05) is 36.3 Å². The van der Waals surface area contributed by atoms with Crippen LogP contribution in [0, 0.1) is 23.1 Å². The molecule has 0 radical (unpaired) electrons. The number of hydrogen-bond acceptors (Lipinski definition) is 4. The number of likely N-dealkylation sites (tertiary alicyclic amines) is 1. The molecule has 0 bridgehead atoms. The highest BCUT2D eigenvalue weighted by molar-refractivity contribution is 6.07. The molecule has 0 saturated carbocycles. The molecule has 3 heterocycles. The van der Waals surface area contributed by atoms with E-state index in [9.17, 15) is 14.4 Å². The number of fused-ring (bicyclic) bond motifs is 1. The lowest BCUT2D eigenvalue weighted by Gasteiger charge is -2.30. The molecule has 7 heteroatoms. The van der Waals surface area contributed by atoms with Crippen molar-refractivity contribution < 1.29 is 9.18 Å². The summed E-state index contributed by atoms with van der Waals surface area (Å²) < 4.78 is 13.7. The van der Waals surface area contributed by atoms with Gasteiger partial charge in [-0.3, -0.25) is 9.89 Å². The summed E-state index contributed by atoms with van der Waals surface area (Å²) >= 11 is 0. The Morgan fingerprint density at radius 1 is 1.38 bits per heavy atom. The summed E-state index contributed by atoms with van der Waals surface area (Å²) in [5.41, 5.74) is 2.15. The predicted octanol–water partition coefficient (Wildman–Crippen LogP) is 3.14. The predicted molar refractivity (Wildman–Crippen MR) is 93.5 cm³/mol. The Morgan fingerprint density at radius 3 is 3.04 bits per heavy atom. The zero-order valence-corrected chi connectivity index (χ0v) is 13.9. The number of nitrogens with one attached hydrogen (secondary N) is 1. The molecule has 130 valence electrons. The summed E-state index contributed by atoms with van der Waals surface area (Å²) in [5, 5.41) is 16.4. The zero-order valence-electron chi connectivity index (χ0n) is 13.9. The number of carbonyl (C=O) groups excluding carboxylic acids is 1. The van der Waals surface area contributed by atoms with Crippen LogP contribution in [0.15, 0.2) is 36.7 Å². The molecule has 1 atom stereocenters. The number of rotatable bonds is 2. The van der Waals surface area contributed by atoms with Crippen molar-refractivity contribution in [1.29, 1.82) is 5.26 Å². The van der Waals surface area contributed by atoms with E-state index < -0.39 is 5.82 Å². The van der Waals surface area contributed by atoms with Gasteiger partial charge in [-0.1, -0.05) is 0 Å². The highest BCUT2D eigenvalue weighted by Crippen LogP contribution is 2.27. The SMILES string of the molecule is N#C[C@H]1CCCN(C(=O)c2cc(-c3cn[nH]c3)nc3cc(F)ccc23)C1. The molecular weight excluding hydrogens is 333 g/mol. The third-order valence-electron chi connectivity index (χ3n) is 4.69. The van der Waals surface area contributed by atoms with Gasteiger partial charge in [0.2, 0.25) is 0 Å². The molecule has 1 aliphatic rings. The van der Waals surface area contributed by atoms with E-state index >= 15 is 0 Å². The van der Waals surface area contributed by atoms with E-state index in [4.69, 9.17) is 0 Å². The molecule has 6 nitrogen and oxygen atoms in total. The molecule has 1 aliphatic heterocycles. The third-order valence-corrected chi connectivity index (χ3v) is 4.69. The Balaban J connectivity index is 1.82. The normalized spacial score (nSPS) is 17.2. The average Bonchev–Trinajstić information content (AvgIpc) is 3.21. The van der Waals surface area contributed by atoms with Crippen molar-refractivity contribution in [3.8, 4) is 17.3 Å². The first-order valence-corrected chi connectivity index (χ1v) is 8.44. The first kappa shape index (κ1) is 16.2. The quantitative estimate of drug-likeness (QED) is 0.770. The number of benzene rings is 1. The van der Waals surface area contributed by atoms with Gasteiger partial charge in [-0.25, -0.2) is 9.37 Å². The van der Waals surface area contributed by atoms with Crippen molar-refractivity contribution >= 4 is 16.8 Å². The van der Waals surface area contributed by atoms with Crippen LogP contribution >= 0.6 is 0 Å². The van der Waals surface area contributed by atoms with E-state index in [0.29, 0.717) is 35.2 Å². The van der Waals surface area contributed by atoms with Gasteiger partial charge in [-0.15, -0.1) is 0 Å². The van der Waals surface area contributed by atoms with Gasteiger partial charge in [0.1, 0.15) is 5.82 Å². The van der Waals surface area contributed by atoms with Gasteiger partial charge in [-0.2, -0.15) is 10.4 Å². The van der Waals surface area contributed by atoms with Crippen LogP contribution < -0.4 is 0 Å². The van der Waals surface area contributed by atoms with Crippen LogP contribution in [0.2, 0.25) is 0 Å². The molecule has 1 saturated heterocycles. The van der Waals surface area contributed by atoms with Gasteiger partial charge in [0.05, 0.1) is 35.0 Å². The summed E-state index contributed by atoms with van der Waals surface area (Å²) in [5.74, 6) is -0.712. The Kier molecular flexibility index (Phi) is 4.09. The Labute approximate surface area is 149 Å². The molecule has 1 amide bonds. The fraction of sp³-hybridized carbons (Fsp3) is 0.263. The van der Waals surface area contributed by atoms with Gasteiger partial charge >= 0.3 is 0 Å². The maximum Gasteiger partial charge on any atom is 0.254 e. The number of amides is 1. The molecule has 26 heavy (non-hydrogen) atoms. The summed E-state index contributed by atoms with van der Waals surface area (Å²) in [6, 6.07) is 8.19. The maximum atomic E-state index is 13.7. The van der Waals surface area contributed by atoms with Gasteiger partial charge in [0.15, 0.2) is 0 Å². The average molecular weight is 349 g/mol. The summed E-state index contributed by atoms with van der Waals surface area (Å²) in [7, 11) is 0. The molecule has 1 aromatic carbocycles. The first-order valence-electron chi connectivity index (χ1n) is 8.44. The number of nitrogens with zero attached hydrogens (tertiary/aromatic N) is 4. The molecule has 0 unspecified atom stereocenters. The topological polar surface area (TPSA) is 85.7 Å². The second-order valence-electron chi connectivity index (χ2n) is 6.42. The van der Waals surface area contributed by atoms with Crippen molar-refractivity contribution in [3.63, 3.8) is 0 Å². The molecular formula is C19H16FN5O. The van der Waals surface area contributed by atoms with Gasteiger partial charge in [0.25, 0.3) is 5.91 Å². The smallest absolute Gasteiger partial charge is 0.254 e. The van der Waals surface area contributed by atoms with Crippen molar-refractivity contribution in [2.75, 3.05) is 13.1 Å². The van der Waals surface area contributed by atoms with E-state index in [0.717, 1.165) is 18.4 Å². The minimum Gasteiger partial charge on any atom is -0.337 e. The Hall–Kier alpha value is -3.27. The summed E-state index contributed by atoms with van der Waals surface area (Å²) in [4.78, 5) is 19.3. The second-order valence-corrected chi connectivity index (χ2v) is 6.42. The minimum atomic E-state index is -0.407. The Morgan fingerprint density at radius 2 is 2.27 bits per heavy atom. The highest BCUT2D eigenvalue weighted by atomic mass is 19.1. The standard InChI is InChI=1S/C19H16FN5O/c20-14-3-4-15-16(19(26)25-5-1-2-12(8-21)11-25)7-17(24-18(15)6-14)13-9-22-23-10-13/h3-4,6-7,9-10,12H,1-2,5,11H2,(H,22,23)/t12-/m1/s1. The van der Waals surface area contributed by atoms with Crippen LogP contribution in [0.25, 0.3) is 22.2 Å². The number of aromatic amines is 1. The molecule has 0 spiro atoms. The number of pyridine rings is 1. The number of halogens is 1. The number of aromatic nitrogens is 3. The van der Waals surface area contributed by atoms with Gasteiger partial charge < -0.3 is 4.90 Å². The number of carbonyl (C=O) groups is 1. The largest absolute Gasteiger partial charge is 0.337 e. The van der Waals surface area contributed by atoms with Crippen molar-refractivity contribution in [1.82, 2.24) is 20.1 Å². The fourth-order valence-electron chi connectivity index (χ4n) is 3.35. The van der Waals surface area contributed by atoms with Crippen molar-refractivity contribution in [2.24, 2.45) is 5.92 Å². The van der Waals surface area contributed by atoms with Crippen LogP contribution in [0.5, 0.6) is 0 Å². The van der Waals surface area contributed by atoms with E-state index in [2.05, 4.69) is 21.3 Å². The molecule has 4 rings (SSSR count).